The van der Waals surface area contributed by atoms with Gasteiger partial charge in [-0.15, -0.1) is 0 Å². The number of hydrogen-bond donors (Lipinski definition) is 2. The van der Waals surface area contributed by atoms with E-state index < -0.39 is 0 Å². The van der Waals surface area contributed by atoms with Crippen LogP contribution in [0.5, 0.6) is 0 Å². The topological polar surface area (TPSA) is 74.3 Å². The number of carbonyl (C=O) groups excluding carboxylic acids is 2. The van der Waals surface area contributed by atoms with E-state index in [9.17, 15) is 9.59 Å². The van der Waals surface area contributed by atoms with E-state index in [1.54, 1.807) is 29.3 Å². The summed E-state index contributed by atoms with van der Waals surface area (Å²) >= 11 is 8.62. The Balaban J connectivity index is 1.52. The first-order valence-corrected chi connectivity index (χ1v) is 11.3. The molecule has 2 heterocycles. The largest absolute Gasteiger partial charge is 0.336 e. The smallest absolute Gasteiger partial charge is 0.257 e. The zero-order valence-electron chi connectivity index (χ0n) is 16.6. The molecule has 31 heavy (non-hydrogen) atoms. The van der Waals surface area contributed by atoms with Gasteiger partial charge in [-0.05, 0) is 71.1 Å². The molecule has 8 heteroatoms. The Hall–Kier alpha value is -2.49. The zero-order valence-corrected chi connectivity index (χ0v) is 19.5. The lowest BCUT2D eigenvalue weighted by molar-refractivity contribution is 0.0735. The van der Waals surface area contributed by atoms with Crippen molar-refractivity contribution in [1.82, 2.24) is 15.2 Å². The normalized spacial score (nSPS) is 13.7. The lowest BCUT2D eigenvalue weighted by Crippen LogP contribution is -2.46. The molecule has 2 amide bonds. The van der Waals surface area contributed by atoms with Gasteiger partial charge < -0.3 is 15.5 Å². The van der Waals surface area contributed by atoms with E-state index in [0.717, 1.165) is 27.9 Å². The minimum absolute atomic E-state index is 0.0759. The number of hydrogen-bond acceptors (Lipinski definition) is 4. The molecule has 0 bridgehead atoms. The predicted octanol–water partition coefficient (Wildman–Crippen LogP) is 4.30. The third-order valence-electron chi connectivity index (χ3n) is 5.03. The van der Waals surface area contributed by atoms with Crippen LogP contribution in [-0.4, -0.2) is 47.9 Å². The lowest BCUT2D eigenvalue weighted by Gasteiger charge is -2.27. The molecule has 4 rings (SSSR count). The van der Waals surface area contributed by atoms with Crippen molar-refractivity contribution in [2.45, 2.75) is 0 Å². The Morgan fingerprint density at radius 2 is 1.87 bits per heavy atom. The molecule has 2 aromatic carbocycles. The standard InChI is InChI=1S/C23H20ClIN4O2/c24-19-13-15(23(31)29-11-9-26-10-12-29)4-6-17(19)22(30)28-16-5-7-20(25)18(14-16)21-3-1-2-8-27-21/h1-8,13-14,26H,9-12H2,(H,28,30). The van der Waals surface area contributed by atoms with Gasteiger partial charge in [0.1, 0.15) is 0 Å². The van der Waals surface area contributed by atoms with E-state index >= 15 is 0 Å². The highest BCUT2D eigenvalue weighted by atomic mass is 127. The number of pyridine rings is 1. The van der Waals surface area contributed by atoms with Gasteiger partial charge in [0.15, 0.2) is 0 Å². The maximum absolute atomic E-state index is 12.8. The molecule has 1 saturated heterocycles. The molecule has 1 aliphatic heterocycles. The van der Waals surface area contributed by atoms with Crippen molar-refractivity contribution < 1.29 is 9.59 Å². The molecule has 2 N–H and O–H groups in total. The Bertz CT molecular complexity index is 1120. The van der Waals surface area contributed by atoms with E-state index in [1.807, 2.05) is 36.4 Å². The van der Waals surface area contributed by atoms with E-state index in [0.29, 0.717) is 29.9 Å². The molecule has 0 aliphatic carbocycles. The van der Waals surface area contributed by atoms with Crippen LogP contribution in [0.4, 0.5) is 5.69 Å². The zero-order chi connectivity index (χ0) is 21.8. The summed E-state index contributed by atoms with van der Waals surface area (Å²) in [5, 5.41) is 6.35. The van der Waals surface area contributed by atoms with Crippen LogP contribution in [0.1, 0.15) is 20.7 Å². The fourth-order valence-electron chi connectivity index (χ4n) is 3.40. The summed E-state index contributed by atoms with van der Waals surface area (Å²) in [6, 6.07) is 16.2. The van der Waals surface area contributed by atoms with E-state index in [2.05, 4.69) is 38.2 Å². The summed E-state index contributed by atoms with van der Waals surface area (Å²) in [7, 11) is 0. The van der Waals surface area contributed by atoms with Gasteiger partial charge in [-0.3, -0.25) is 14.6 Å². The molecule has 0 radical (unpaired) electrons. The number of piperazine rings is 1. The first-order chi connectivity index (χ1) is 15.0. The maximum atomic E-state index is 12.8. The molecule has 158 valence electrons. The number of aromatic nitrogens is 1. The minimum Gasteiger partial charge on any atom is -0.336 e. The van der Waals surface area contributed by atoms with Crippen molar-refractivity contribution in [3.8, 4) is 11.3 Å². The van der Waals surface area contributed by atoms with Crippen molar-refractivity contribution in [2.24, 2.45) is 0 Å². The average molecular weight is 547 g/mol. The summed E-state index contributed by atoms with van der Waals surface area (Å²) in [5.74, 6) is -0.410. The summed E-state index contributed by atoms with van der Waals surface area (Å²) in [4.78, 5) is 31.7. The molecule has 1 aromatic heterocycles. The third-order valence-corrected chi connectivity index (χ3v) is 6.28. The third kappa shape index (κ3) is 5.06. The number of benzene rings is 2. The number of nitrogens with one attached hydrogen (secondary N) is 2. The predicted molar refractivity (Wildman–Crippen MR) is 131 cm³/mol. The molecule has 1 fully saturated rings. The SMILES string of the molecule is O=C(Nc1ccc(I)c(-c2ccccn2)c1)c1ccc(C(=O)N2CCNCC2)cc1Cl. The van der Waals surface area contributed by atoms with Crippen LogP contribution in [0.2, 0.25) is 5.02 Å². The molecule has 0 atom stereocenters. The van der Waals surface area contributed by atoms with Crippen LogP contribution in [0, 0.1) is 3.57 Å². The van der Waals surface area contributed by atoms with Gasteiger partial charge in [0.25, 0.3) is 11.8 Å². The van der Waals surface area contributed by atoms with Crippen molar-refractivity contribution in [1.29, 1.82) is 0 Å². The second-order valence-electron chi connectivity index (χ2n) is 7.10. The molecule has 3 aromatic rings. The second-order valence-corrected chi connectivity index (χ2v) is 8.67. The van der Waals surface area contributed by atoms with Gasteiger partial charge in [-0.2, -0.15) is 0 Å². The fraction of sp³-hybridized carbons (Fsp3) is 0.174. The van der Waals surface area contributed by atoms with Crippen LogP contribution in [0.3, 0.4) is 0 Å². The van der Waals surface area contributed by atoms with Gasteiger partial charge in [0, 0.05) is 52.8 Å². The summed E-state index contributed by atoms with van der Waals surface area (Å²) in [6.07, 6.45) is 1.74. The monoisotopic (exact) mass is 546 g/mol. The van der Waals surface area contributed by atoms with Crippen molar-refractivity contribution >= 4 is 51.7 Å². The van der Waals surface area contributed by atoms with Crippen LogP contribution in [-0.2, 0) is 0 Å². The highest BCUT2D eigenvalue weighted by molar-refractivity contribution is 14.1. The number of halogens is 2. The Morgan fingerprint density at radius 1 is 1.06 bits per heavy atom. The average Bonchev–Trinajstić information content (AvgIpc) is 2.80. The van der Waals surface area contributed by atoms with Crippen molar-refractivity contribution in [3.05, 3.63) is 80.5 Å². The number of rotatable bonds is 4. The molecule has 0 unspecified atom stereocenters. The van der Waals surface area contributed by atoms with Gasteiger partial charge in [0.2, 0.25) is 0 Å². The van der Waals surface area contributed by atoms with Gasteiger partial charge in [-0.1, -0.05) is 17.7 Å². The maximum Gasteiger partial charge on any atom is 0.257 e. The van der Waals surface area contributed by atoms with Crippen LogP contribution >= 0.6 is 34.2 Å². The highest BCUT2D eigenvalue weighted by Crippen LogP contribution is 2.27. The number of carbonyl (C=O) groups is 2. The molecule has 6 nitrogen and oxygen atoms in total. The summed E-state index contributed by atoms with van der Waals surface area (Å²) in [6.45, 7) is 2.86. The highest BCUT2D eigenvalue weighted by Gasteiger charge is 2.20. The van der Waals surface area contributed by atoms with Crippen LogP contribution < -0.4 is 10.6 Å². The summed E-state index contributed by atoms with van der Waals surface area (Å²) < 4.78 is 1.03. The van der Waals surface area contributed by atoms with Crippen molar-refractivity contribution in [2.75, 3.05) is 31.5 Å². The van der Waals surface area contributed by atoms with Crippen LogP contribution in [0.15, 0.2) is 60.8 Å². The van der Waals surface area contributed by atoms with E-state index in [-0.39, 0.29) is 16.8 Å². The second kappa shape index (κ2) is 9.76. The number of amides is 2. The molecular formula is C23H20ClIN4O2. The Labute approximate surface area is 199 Å². The molecule has 0 saturated carbocycles. The number of nitrogens with zero attached hydrogens (tertiary/aromatic N) is 2. The summed E-state index contributed by atoms with van der Waals surface area (Å²) in [5.41, 5.74) is 3.20. The Kier molecular flexibility index (Phi) is 6.84. The van der Waals surface area contributed by atoms with Gasteiger partial charge >= 0.3 is 0 Å². The fourth-order valence-corrected chi connectivity index (χ4v) is 4.28. The molecular weight excluding hydrogens is 527 g/mol. The lowest BCUT2D eigenvalue weighted by atomic mass is 10.1. The van der Waals surface area contributed by atoms with E-state index in [4.69, 9.17) is 11.6 Å². The van der Waals surface area contributed by atoms with Crippen LogP contribution in [0.25, 0.3) is 11.3 Å². The Morgan fingerprint density at radius 3 is 2.58 bits per heavy atom. The van der Waals surface area contributed by atoms with Crippen molar-refractivity contribution in [3.63, 3.8) is 0 Å². The molecule has 0 spiro atoms. The minimum atomic E-state index is -0.334. The van der Waals surface area contributed by atoms with E-state index in [1.165, 1.54) is 0 Å². The van der Waals surface area contributed by atoms with Gasteiger partial charge in [-0.25, -0.2) is 0 Å². The van der Waals surface area contributed by atoms with Gasteiger partial charge in [0.05, 0.1) is 16.3 Å². The number of anilines is 1. The quantitative estimate of drug-likeness (QED) is 0.479. The first kappa shape index (κ1) is 21.7. The molecule has 1 aliphatic rings. The first-order valence-electron chi connectivity index (χ1n) is 9.85.